The lowest BCUT2D eigenvalue weighted by Crippen LogP contribution is -2.55. The Morgan fingerprint density at radius 2 is 2.00 bits per heavy atom. The number of nitrogens with two attached hydrogens (primary N) is 1. The van der Waals surface area contributed by atoms with Crippen LogP contribution >= 0.6 is 0 Å². The molecule has 1 amide bonds. The summed E-state index contributed by atoms with van der Waals surface area (Å²) in [5.74, 6) is 0.195. The number of amidine groups is 1. The fraction of sp³-hybridized carbons (Fsp3) is 0.867. The standard InChI is InChI=1S/C15H27N3O2/c1-3-12-8-7-11(2)18(12)14(19)15(13(16)17-20)9-5-4-6-10-15/h11-12,20H,3-10H2,1-2H3,(H2,16,17). The predicted molar refractivity (Wildman–Crippen MR) is 78.5 cm³/mol. The molecule has 114 valence electrons. The number of hydrogen-bond donors (Lipinski definition) is 2. The second-order valence-electron chi connectivity index (χ2n) is 6.33. The Bertz CT molecular complexity index is 389. The number of likely N-dealkylation sites (tertiary alicyclic amines) is 1. The molecule has 3 N–H and O–H groups in total. The zero-order chi connectivity index (χ0) is 14.8. The van der Waals surface area contributed by atoms with Crippen LogP contribution in [0.3, 0.4) is 0 Å². The van der Waals surface area contributed by atoms with E-state index in [4.69, 9.17) is 10.9 Å². The molecule has 2 unspecified atom stereocenters. The number of nitrogens with zero attached hydrogens (tertiary/aromatic N) is 2. The Hall–Kier alpha value is -1.26. The van der Waals surface area contributed by atoms with Crippen LogP contribution in [-0.4, -0.2) is 33.9 Å². The van der Waals surface area contributed by atoms with E-state index in [2.05, 4.69) is 19.0 Å². The number of rotatable bonds is 3. The van der Waals surface area contributed by atoms with Crippen molar-refractivity contribution < 1.29 is 10.0 Å². The molecule has 0 bridgehead atoms. The van der Waals surface area contributed by atoms with Crippen LogP contribution in [0.4, 0.5) is 0 Å². The van der Waals surface area contributed by atoms with Gasteiger partial charge in [0.15, 0.2) is 5.84 Å². The van der Waals surface area contributed by atoms with Crippen molar-refractivity contribution in [2.45, 2.75) is 77.3 Å². The highest BCUT2D eigenvalue weighted by Gasteiger charge is 2.49. The van der Waals surface area contributed by atoms with Crippen LogP contribution < -0.4 is 5.73 Å². The van der Waals surface area contributed by atoms with Gasteiger partial charge in [-0.2, -0.15) is 0 Å². The molecule has 2 atom stereocenters. The monoisotopic (exact) mass is 281 g/mol. The fourth-order valence-corrected chi connectivity index (χ4v) is 3.92. The van der Waals surface area contributed by atoms with Crippen molar-refractivity contribution in [1.29, 1.82) is 0 Å². The molecule has 1 heterocycles. The third-order valence-corrected chi connectivity index (χ3v) is 5.21. The molecule has 1 aliphatic heterocycles. The molecule has 0 aromatic heterocycles. The van der Waals surface area contributed by atoms with Crippen molar-refractivity contribution in [3.63, 3.8) is 0 Å². The van der Waals surface area contributed by atoms with Gasteiger partial charge in [0.2, 0.25) is 5.91 Å². The van der Waals surface area contributed by atoms with Crippen LogP contribution in [-0.2, 0) is 4.79 Å². The minimum atomic E-state index is -0.765. The summed E-state index contributed by atoms with van der Waals surface area (Å²) in [5.41, 5.74) is 5.17. The second-order valence-corrected chi connectivity index (χ2v) is 6.33. The largest absolute Gasteiger partial charge is 0.409 e. The maximum absolute atomic E-state index is 13.2. The summed E-state index contributed by atoms with van der Waals surface area (Å²) >= 11 is 0. The number of hydrogen-bond acceptors (Lipinski definition) is 3. The van der Waals surface area contributed by atoms with Gasteiger partial charge < -0.3 is 15.8 Å². The molecule has 2 rings (SSSR count). The maximum atomic E-state index is 13.2. The van der Waals surface area contributed by atoms with Crippen molar-refractivity contribution in [1.82, 2.24) is 4.90 Å². The van der Waals surface area contributed by atoms with E-state index in [-0.39, 0.29) is 17.8 Å². The van der Waals surface area contributed by atoms with Crippen LogP contribution in [0.2, 0.25) is 0 Å². The summed E-state index contributed by atoms with van der Waals surface area (Å²) in [4.78, 5) is 15.2. The number of carbonyl (C=O) groups is 1. The molecule has 1 saturated heterocycles. The van der Waals surface area contributed by atoms with E-state index in [1.807, 2.05) is 4.90 Å². The molecule has 5 nitrogen and oxygen atoms in total. The number of carbonyl (C=O) groups excluding carboxylic acids is 1. The van der Waals surface area contributed by atoms with Crippen molar-refractivity contribution in [3.8, 4) is 0 Å². The van der Waals surface area contributed by atoms with E-state index in [9.17, 15) is 4.79 Å². The van der Waals surface area contributed by atoms with Gasteiger partial charge in [0.1, 0.15) is 5.41 Å². The average molecular weight is 281 g/mol. The highest BCUT2D eigenvalue weighted by atomic mass is 16.4. The summed E-state index contributed by atoms with van der Waals surface area (Å²) in [6, 6.07) is 0.570. The van der Waals surface area contributed by atoms with Crippen LogP contribution in [0.25, 0.3) is 0 Å². The quantitative estimate of drug-likeness (QED) is 0.361. The summed E-state index contributed by atoms with van der Waals surface area (Å²) in [5, 5.41) is 12.3. The van der Waals surface area contributed by atoms with Crippen LogP contribution in [0, 0.1) is 5.41 Å². The van der Waals surface area contributed by atoms with Gasteiger partial charge in [-0.1, -0.05) is 31.3 Å². The van der Waals surface area contributed by atoms with Gasteiger partial charge >= 0.3 is 0 Å². The zero-order valence-electron chi connectivity index (χ0n) is 12.6. The Kier molecular flexibility index (Phi) is 4.55. The van der Waals surface area contributed by atoms with Crippen molar-refractivity contribution >= 4 is 11.7 Å². The molecular formula is C15H27N3O2. The van der Waals surface area contributed by atoms with Gasteiger partial charge in [-0.15, -0.1) is 0 Å². The first-order chi connectivity index (χ1) is 9.56. The van der Waals surface area contributed by atoms with Crippen molar-refractivity contribution in [3.05, 3.63) is 0 Å². The smallest absolute Gasteiger partial charge is 0.237 e. The highest BCUT2D eigenvalue weighted by molar-refractivity contribution is 6.07. The van der Waals surface area contributed by atoms with E-state index in [1.54, 1.807) is 0 Å². The molecule has 20 heavy (non-hydrogen) atoms. The van der Waals surface area contributed by atoms with E-state index < -0.39 is 5.41 Å². The summed E-state index contributed by atoms with van der Waals surface area (Å²) in [7, 11) is 0. The Labute approximate surface area is 121 Å². The molecule has 1 aliphatic carbocycles. The molecule has 0 aromatic rings. The number of amides is 1. The summed E-state index contributed by atoms with van der Waals surface area (Å²) in [6.45, 7) is 4.23. The second kappa shape index (κ2) is 6.02. The third-order valence-electron chi connectivity index (χ3n) is 5.21. The predicted octanol–water partition coefficient (Wildman–Crippen LogP) is 2.47. The van der Waals surface area contributed by atoms with Crippen molar-refractivity contribution in [2.75, 3.05) is 0 Å². The van der Waals surface area contributed by atoms with Gasteiger partial charge in [0, 0.05) is 12.1 Å². The zero-order valence-corrected chi connectivity index (χ0v) is 12.6. The minimum Gasteiger partial charge on any atom is -0.409 e. The van der Waals surface area contributed by atoms with Gasteiger partial charge in [0.25, 0.3) is 0 Å². The van der Waals surface area contributed by atoms with Gasteiger partial charge in [-0.25, -0.2) is 0 Å². The highest BCUT2D eigenvalue weighted by Crippen LogP contribution is 2.41. The molecule has 0 aromatic carbocycles. The van der Waals surface area contributed by atoms with Gasteiger partial charge in [-0.3, -0.25) is 4.79 Å². The Morgan fingerprint density at radius 3 is 2.55 bits per heavy atom. The summed E-state index contributed by atoms with van der Waals surface area (Å²) < 4.78 is 0. The van der Waals surface area contributed by atoms with Gasteiger partial charge in [0.05, 0.1) is 0 Å². The SMILES string of the molecule is CCC1CCC(C)N1C(=O)C1(C(N)=NO)CCCCC1. The first-order valence-corrected chi connectivity index (χ1v) is 7.87. The van der Waals surface area contributed by atoms with Gasteiger partial charge in [-0.05, 0) is 39.0 Å². The third kappa shape index (κ3) is 2.38. The van der Waals surface area contributed by atoms with E-state index in [1.165, 1.54) is 0 Å². The molecule has 2 fully saturated rings. The molecule has 1 saturated carbocycles. The normalized spacial score (nSPS) is 30.5. The lowest BCUT2D eigenvalue weighted by Gasteiger charge is -2.41. The molecule has 0 spiro atoms. The van der Waals surface area contributed by atoms with E-state index >= 15 is 0 Å². The van der Waals surface area contributed by atoms with E-state index in [0.29, 0.717) is 18.9 Å². The van der Waals surface area contributed by atoms with Crippen LogP contribution in [0.5, 0.6) is 0 Å². The lowest BCUT2D eigenvalue weighted by atomic mass is 9.71. The molecule has 2 aliphatic rings. The minimum absolute atomic E-state index is 0.0874. The molecular weight excluding hydrogens is 254 g/mol. The fourth-order valence-electron chi connectivity index (χ4n) is 3.92. The first-order valence-electron chi connectivity index (χ1n) is 7.87. The Balaban J connectivity index is 2.31. The topological polar surface area (TPSA) is 78.9 Å². The first kappa shape index (κ1) is 15.1. The molecule has 0 radical (unpaired) electrons. The lowest BCUT2D eigenvalue weighted by molar-refractivity contribution is -0.142. The molecule has 5 heteroatoms. The summed E-state index contributed by atoms with van der Waals surface area (Å²) in [6.07, 6.45) is 7.58. The van der Waals surface area contributed by atoms with Crippen LogP contribution in [0.1, 0.15) is 65.2 Å². The number of oxime groups is 1. The van der Waals surface area contributed by atoms with E-state index in [0.717, 1.165) is 38.5 Å². The van der Waals surface area contributed by atoms with Crippen LogP contribution in [0.15, 0.2) is 5.16 Å². The van der Waals surface area contributed by atoms with Crippen molar-refractivity contribution in [2.24, 2.45) is 16.3 Å². The Morgan fingerprint density at radius 1 is 1.35 bits per heavy atom. The maximum Gasteiger partial charge on any atom is 0.237 e. The average Bonchev–Trinajstić information content (AvgIpc) is 2.87.